The van der Waals surface area contributed by atoms with E-state index in [0.29, 0.717) is 17.0 Å². The van der Waals surface area contributed by atoms with Crippen molar-refractivity contribution in [3.8, 4) is 5.75 Å². The second kappa shape index (κ2) is 9.77. The first-order chi connectivity index (χ1) is 18.1. The van der Waals surface area contributed by atoms with E-state index in [2.05, 4.69) is 15.3 Å². The highest BCUT2D eigenvalue weighted by Gasteiger charge is 2.44. The molecule has 0 unspecified atom stereocenters. The van der Waals surface area contributed by atoms with Gasteiger partial charge in [-0.25, -0.2) is 13.8 Å². The smallest absolute Gasteiger partial charge is 0.271 e. The molecule has 1 amide bonds. The fraction of sp³-hybridized carbons (Fsp3) is 0.321. The van der Waals surface area contributed by atoms with Crippen LogP contribution < -0.4 is 10.1 Å². The van der Waals surface area contributed by atoms with E-state index in [0.717, 1.165) is 5.56 Å². The number of aromatic nitrogens is 3. The third kappa shape index (κ3) is 4.84. The number of amides is 1. The van der Waals surface area contributed by atoms with Crippen molar-refractivity contribution in [2.75, 3.05) is 13.2 Å². The average molecular weight is 523 g/mol. The van der Waals surface area contributed by atoms with E-state index < -0.39 is 28.9 Å². The zero-order valence-corrected chi connectivity index (χ0v) is 21.5. The predicted octanol–water partition coefficient (Wildman–Crippen LogP) is 4.61. The summed E-state index contributed by atoms with van der Waals surface area (Å²) in [6.07, 6.45) is 3.40. The van der Waals surface area contributed by atoms with Crippen molar-refractivity contribution in [2.24, 2.45) is 0 Å². The highest BCUT2D eigenvalue weighted by atomic mass is 19.1. The molecule has 0 radical (unpaired) electrons. The summed E-state index contributed by atoms with van der Waals surface area (Å²) in [4.78, 5) is 22.8. The fourth-order valence-electron chi connectivity index (χ4n) is 4.35. The van der Waals surface area contributed by atoms with Gasteiger partial charge in [0.1, 0.15) is 29.5 Å². The summed E-state index contributed by atoms with van der Waals surface area (Å²) in [6, 6.07) is 10.7. The van der Waals surface area contributed by atoms with Gasteiger partial charge < -0.3 is 19.5 Å². The van der Waals surface area contributed by atoms with E-state index in [4.69, 9.17) is 14.2 Å². The third-order valence-corrected chi connectivity index (χ3v) is 6.52. The molecule has 5 rings (SSSR count). The number of hydrogen-bond donors (Lipinski definition) is 1. The van der Waals surface area contributed by atoms with Crippen LogP contribution in [0.1, 0.15) is 46.9 Å². The number of hydrogen-bond acceptors (Lipinski definition) is 6. The minimum Gasteiger partial charge on any atom is -0.485 e. The lowest BCUT2D eigenvalue weighted by atomic mass is 9.94. The second-order valence-corrected chi connectivity index (χ2v) is 9.83. The van der Waals surface area contributed by atoms with Gasteiger partial charge >= 0.3 is 0 Å². The molecule has 0 atom stereocenters. The normalized spacial score (nSPS) is 16.4. The van der Waals surface area contributed by atoms with Crippen molar-refractivity contribution >= 4 is 11.6 Å². The van der Waals surface area contributed by atoms with Gasteiger partial charge in [0.15, 0.2) is 17.2 Å². The van der Waals surface area contributed by atoms with Gasteiger partial charge in [-0.2, -0.15) is 0 Å². The number of carbonyl (C=O) groups is 1. The zero-order chi connectivity index (χ0) is 27.1. The van der Waals surface area contributed by atoms with Crippen LogP contribution in [-0.4, -0.2) is 39.3 Å². The lowest BCUT2D eigenvalue weighted by Gasteiger charge is -2.43. The Labute approximate surface area is 218 Å². The number of pyridine rings is 2. The Morgan fingerprint density at radius 1 is 1.08 bits per heavy atom. The zero-order valence-electron chi connectivity index (χ0n) is 21.5. The van der Waals surface area contributed by atoms with Gasteiger partial charge in [0, 0.05) is 12.4 Å². The largest absolute Gasteiger partial charge is 0.485 e. The molecule has 0 bridgehead atoms. The monoisotopic (exact) mass is 522 g/mol. The lowest BCUT2D eigenvalue weighted by molar-refractivity contribution is -0.272. The van der Waals surface area contributed by atoms with Crippen molar-refractivity contribution in [2.45, 2.75) is 45.6 Å². The number of imidazole rings is 1. The molecule has 1 saturated heterocycles. The first kappa shape index (κ1) is 25.7. The van der Waals surface area contributed by atoms with Crippen LogP contribution in [0.15, 0.2) is 54.9 Å². The predicted molar refractivity (Wildman–Crippen MR) is 135 cm³/mol. The van der Waals surface area contributed by atoms with Crippen LogP contribution in [-0.2, 0) is 21.6 Å². The standard InChI is InChI=1S/C28H28F2N4O4/c1-17-10-11-23(31-13-17)28(15-37-27(3,4)38-16-28)33-26(35)24-18(2)32-25-22(9-6-12-34(24)25)36-14-19-20(29)7-5-8-21(19)30/h5-13H,14-16H2,1-4H3,(H,33,35). The van der Waals surface area contributed by atoms with Crippen LogP contribution in [0.3, 0.4) is 0 Å². The molecule has 0 spiro atoms. The summed E-state index contributed by atoms with van der Waals surface area (Å²) in [5.74, 6) is -2.35. The molecular formula is C28H28F2N4O4. The number of fused-ring (bicyclic) bond motifs is 1. The first-order valence-electron chi connectivity index (χ1n) is 12.2. The highest BCUT2D eigenvalue weighted by Crippen LogP contribution is 2.32. The molecule has 1 N–H and O–H groups in total. The van der Waals surface area contributed by atoms with Gasteiger partial charge in [0.05, 0.1) is 30.2 Å². The van der Waals surface area contributed by atoms with E-state index >= 15 is 0 Å². The number of halogens is 2. The van der Waals surface area contributed by atoms with Crippen molar-refractivity contribution < 1.29 is 27.8 Å². The van der Waals surface area contributed by atoms with Gasteiger partial charge in [-0.15, -0.1) is 0 Å². The van der Waals surface area contributed by atoms with Crippen LogP contribution in [0, 0.1) is 25.5 Å². The molecule has 3 aromatic heterocycles. The summed E-state index contributed by atoms with van der Waals surface area (Å²) < 4.78 is 47.4. The summed E-state index contributed by atoms with van der Waals surface area (Å²) in [6.45, 7) is 7.23. The van der Waals surface area contributed by atoms with Gasteiger partial charge in [0.2, 0.25) is 0 Å². The van der Waals surface area contributed by atoms with Crippen LogP contribution >= 0.6 is 0 Å². The topological polar surface area (TPSA) is 87.0 Å². The Bertz CT molecular complexity index is 1470. The van der Waals surface area contributed by atoms with Gasteiger partial charge in [-0.1, -0.05) is 12.1 Å². The minimum atomic E-state index is -1.03. The number of nitrogens with zero attached hydrogens (tertiary/aromatic N) is 3. The molecule has 4 aromatic rings. The van der Waals surface area contributed by atoms with Crippen molar-refractivity contribution in [1.29, 1.82) is 0 Å². The van der Waals surface area contributed by atoms with Gasteiger partial charge in [-0.3, -0.25) is 14.2 Å². The maximum absolute atomic E-state index is 14.1. The summed E-state index contributed by atoms with van der Waals surface area (Å²) >= 11 is 0. The van der Waals surface area contributed by atoms with Crippen LogP contribution in [0.2, 0.25) is 0 Å². The number of carbonyl (C=O) groups excluding carboxylic acids is 1. The third-order valence-electron chi connectivity index (χ3n) is 6.52. The average Bonchev–Trinajstić information content (AvgIpc) is 3.22. The van der Waals surface area contributed by atoms with Crippen LogP contribution in [0.5, 0.6) is 5.75 Å². The molecule has 10 heteroatoms. The molecule has 198 valence electrons. The molecule has 38 heavy (non-hydrogen) atoms. The number of benzene rings is 1. The number of aryl methyl sites for hydroxylation is 2. The first-order valence-corrected chi connectivity index (χ1v) is 12.2. The number of nitrogens with one attached hydrogen (secondary N) is 1. The van der Waals surface area contributed by atoms with Gasteiger partial charge in [-0.05, 0) is 63.6 Å². The van der Waals surface area contributed by atoms with E-state index in [1.165, 1.54) is 18.2 Å². The molecule has 0 saturated carbocycles. The molecule has 1 aliphatic rings. The Hall–Kier alpha value is -3.89. The van der Waals surface area contributed by atoms with E-state index in [-0.39, 0.29) is 36.8 Å². The summed E-state index contributed by atoms with van der Waals surface area (Å²) in [7, 11) is 0. The number of ether oxygens (including phenoxy) is 3. The van der Waals surface area contributed by atoms with Gasteiger partial charge in [0.25, 0.3) is 5.91 Å². The quantitative estimate of drug-likeness (QED) is 0.398. The maximum Gasteiger partial charge on any atom is 0.271 e. The molecular weight excluding hydrogens is 494 g/mol. The highest BCUT2D eigenvalue weighted by molar-refractivity contribution is 5.95. The Balaban J connectivity index is 1.46. The number of rotatable bonds is 6. The molecule has 1 aliphatic heterocycles. The Morgan fingerprint density at radius 2 is 1.79 bits per heavy atom. The molecule has 1 aromatic carbocycles. The summed E-state index contributed by atoms with van der Waals surface area (Å²) in [5, 5.41) is 3.08. The molecule has 0 aliphatic carbocycles. The SMILES string of the molecule is Cc1ccc(C2(NC(=O)c3c(C)nc4c(OCc5c(F)cccc5F)cccn34)COC(C)(C)OC2)nc1. The van der Waals surface area contributed by atoms with Crippen LogP contribution in [0.25, 0.3) is 5.65 Å². The maximum atomic E-state index is 14.1. The fourth-order valence-corrected chi connectivity index (χ4v) is 4.35. The van der Waals surface area contributed by atoms with E-state index in [1.54, 1.807) is 35.9 Å². The van der Waals surface area contributed by atoms with Crippen molar-refractivity contribution in [3.63, 3.8) is 0 Å². The molecule has 8 nitrogen and oxygen atoms in total. The summed E-state index contributed by atoms with van der Waals surface area (Å²) in [5.41, 5.74) is 1.42. The van der Waals surface area contributed by atoms with Crippen molar-refractivity contribution in [3.05, 3.63) is 94.7 Å². The van der Waals surface area contributed by atoms with E-state index in [9.17, 15) is 13.6 Å². The minimum absolute atomic E-state index is 0.153. The Kier molecular flexibility index (Phi) is 6.62. The Morgan fingerprint density at radius 3 is 2.45 bits per heavy atom. The molecule has 4 heterocycles. The van der Waals surface area contributed by atoms with Crippen molar-refractivity contribution in [1.82, 2.24) is 19.7 Å². The van der Waals surface area contributed by atoms with Crippen LogP contribution in [0.4, 0.5) is 8.78 Å². The molecule has 1 fully saturated rings. The lowest BCUT2D eigenvalue weighted by Crippen LogP contribution is -2.59. The second-order valence-electron chi connectivity index (χ2n) is 9.83. The van der Waals surface area contributed by atoms with E-state index in [1.807, 2.05) is 32.9 Å².